The fourth-order valence-corrected chi connectivity index (χ4v) is 4.63. The van der Waals surface area contributed by atoms with Crippen molar-refractivity contribution >= 4 is 51.9 Å². The largest absolute Gasteiger partial charge is 0.376 e. The van der Waals surface area contributed by atoms with Crippen LogP contribution in [0.2, 0.25) is 10.0 Å². The van der Waals surface area contributed by atoms with Crippen LogP contribution in [0.25, 0.3) is 11.0 Å². The average molecular weight is 454 g/mol. The first-order chi connectivity index (χ1) is 14.1. The minimum absolute atomic E-state index is 0.238. The Kier molecular flexibility index (Phi) is 6.64. The van der Waals surface area contributed by atoms with Crippen LogP contribution >= 0.6 is 35.0 Å². The first kappa shape index (κ1) is 20.5. The van der Waals surface area contributed by atoms with Gasteiger partial charge in [-0.15, -0.1) is 0 Å². The Hall–Kier alpha value is -1.74. The number of thioether (sulfide) groups is 1. The second kappa shape index (κ2) is 9.38. The van der Waals surface area contributed by atoms with E-state index in [0.717, 1.165) is 29.9 Å². The molecule has 1 aliphatic heterocycles. The summed E-state index contributed by atoms with van der Waals surface area (Å²) in [6.07, 6.45) is 4.08. The zero-order chi connectivity index (χ0) is 20.2. The van der Waals surface area contributed by atoms with Crippen LogP contribution in [-0.4, -0.2) is 44.0 Å². The lowest BCUT2D eigenvalue weighted by Crippen LogP contribution is -2.22. The maximum absolute atomic E-state index is 12.6. The van der Waals surface area contributed by atoms with E-state index in [9.17, 15) is 4.79 Å². The topological polar surface area (TPSA) is 84.8 Å². The lowest BCUT2D eigenvalue weighted by Gasteiger charge is -2.21. The van der Waals surface area contributed by atoms with E-state index >= 15 is 0 Å². The van der Waals surface area contributed by atoms with Gasteiger partial charge in [0.1, 0.15) is 5.52 Å². The lowest BCUT2D eigenvalue weighted by atomic mass is 10.2. The van der Waals surface area contributed by atoms with Crippen molar-refractivity contribution in [2.24, 2.45) is 0 Å². The molecule has 0 saturated carbocycles. The van der Waals surface area contributed by atoms with Crippen molar-refractivity contribution in [2.75, 3.05) is 23.4 Å². The van der Waals surface area contributed by atoms with Crippen LogP contribution in [0.15, 0.2) is 29.2 Å². The number of ether oxygens (including phenoxy) is 1. The average Bonchev–Trinajstić information content (AvgIpc) is 3.13. The Morgan fingerprint density at radius 1 is 1.28 bits per heavy atom. The van der Waals surface area contributed by atoms with E-state index in [-0.39, 0.29) is 5.56 Å². The quantitative estimate of drug-likeness (QED) is 0.563. The number of rotatable bonds is 7. The first-order valence-corrected chi connectivity index (χ1v) is 11.3. The Labute approximate surface area is 182 Å². The number of aromatic amines is 1. The van der Waals surface area contributed by atoms with Gasteiger partial charge in [0.25, 0.3) is 5.56 Å². The molecule has 0 aliphatic carbocycles. The van der Waals surface area contributed by atoms with Gasteiger partial charge < -0.3 is 10.1 Å². The third-order valence-corrected chi connectivity index (χ3v) is 6.56. The molecule has 0 unspecified atom stereocenters. The van der Waals surface area contributed by atoms with E-state index in [4.69, 9.17) is 27.9 Å². The summed E-state index contributed by atoms with van der Waals surface area (Å²) in [5.41, 5.74) is 1.68. The van der Waals surface area contributed by atoms with Crippen LogP contribution in [0, 0.1) is 0 Å². The third kappa shape index (κ3) is 5.06. The zero-order valence-electron chi connectivity index (χ0n) is 15.7. The molecule has 0 spiro atoms. The number of halogens is 2. The van der Waals surface area contributed by atoms with Gasteiger partial charge in [0.2, 0.25) is 5.95 Å². The molecular weight excluding hydrogens is 433 g/mol. The molecule has 0 amide bonds. The minimum Gasteiger partial charge on any atom is -0.376 e. The molecule has 0 atom stereocenters. The Bertz CT molecular complexity index is 1050. The van der Waals surface area contributed by atoms with Crippen LogP contribution in [0.4, 0.5) is 5.95 Å². The molecule has 154 valence electrons. The maximum Gasteiger partial charge on any atom is 0.278 e. The maximum atomic E-state index is 12.6. The summed E-state index contributed by atoms with van der Waals surface area (Å²) in [7, 11) is 0. The number of hydrogen-bond acceptors (Lipinski definition) is 6. The molecule has 1 aromatic carbocycles. The van der Waals surface area contributed by atoms with Crippen molar-refractivity contribution in [1.29, 1.82) is 0 Å². The summed E-state index contributed by atoms with van der Waals surface area (Å²) >= 11 is 13.9. The number of hydrogen-bond donors (Lipinski definition) is 2. The summed E-state index contributed by atoms with van der Waals surface area (Å²) in [6, 6.07) is 5.37. The van der Waals surface area contributed by atoms with Crippen molar-refractivity contribution in [3.8, 4) is 0 Å². The fourth-order valence-electron chi connectivity index (χ4n) is 3.24. The molecule has 4 rings (SSSR count). The van der Waals surface area contributed by atoms with Gasteiger partial charge in [0, 0.05) is 6.54 Å². The molecule has 10 heteroatoms. The smallest absolute Gasteiger partial charge is 0.278 e. The standard InChI is InChI=1S/C19H21Cl2N5O2S/c20-14-2-1-12(9-15(14)21)10-22-19-24-16-11-23-26(17(16)18(27)25-19)5-6-28-13-3-7-29-8-4-13/h1-2,9,11,13H,3-8,10H2,(H2,22,24,25,27). The molecular formula is C19H21Cl2N5O2S. The number of anilines is 1. The summed E-state index contributed by atoms with van der Waals surface area (Å²) < 4.78 is 7.59. The van der Waals surface area contributed by atoms with Crippen LogP contribution in [0.5, 0.6) is 0 Å². The molecule has 0 bridgehead atoms. The third-order valence-electron chi connectivity index (χ3n) is 4.77. The highest BCUT2D eigenvalue weighted by Crippen LogP contribution is 2.23. The molecule has 2 aromatic heterocycles. The van der Waals surface area contributed by atoms with Gasteiger partial charge >= 0.3 is 0 Å². The van der Waals surface area contributed by atoms with E-state index in [1.54, 1.807) is 23.0 Å². The van der Waals surface area contributed by atoms with Crippen LogP contribution < -0.4 is 10.9 Å². The molecule has 3 aromatic rings. The number of aromatic nitrogens is 4. The highest BCUT2D eigenvalue weighted by Gasteiger charge is 2.15. The van der Waals surface area contributed by atoms with E-state index in [0.29, 0.717) is 52.8 Å². The molecule has 3 heterocycles. The van der Waals surface area contributed by atoms with Gasteiger partial charge in [-0.25, -0.2) is 4.98 Å². The summed E-state index contributed by atoms with van der Waals surface area (Å²) in [4.78, 5) is 19.8. The minimum atomic E-state index is -0.238. The van der Waals surface area contributed by atoms with E-state index in [1.165, 1.54) is 0 Å². The number of benzene rings is 1. The normalized spacial score (nSPS) is 15.1. The molecule has 0 radical (unpaired) electrons. The van der Waals surface area contributed by atoms with Crippen molar-refractivity contribution in [3.63, 3.8) is 0 Å². The number of nitrogens with zero attached hydrogens (tertiary/aromatic N) is 3. The highest BCUT2D eigenvalue weighted by molar-refractivity contribution is 7.99. The predicted molar refractivity (Wildman–Crippen MR) is 118 cm³/mol. The summed E-state index contributed by atoms with van der Waals surface area (Å²) in [6.45, 7) is 1.50. The monoisotopic (exact) mass is 453 g/mol. The van der Waals surface area contributed by atoms with Gasteiger partial charge in [-0.3, -0.25) is 14.5 Å². The molecule has 7 nitrogen and oxygen atoms in total. The van der Waals surface area contributed by atoms with Crippen molar-refractivity contribution in [1.82, 2.24) is 19.7 Å². The Morgan fingerprint density at radius 3 is 2.90 bits per heavy atom. The molecule has 1 saturated heterocycles. The molecule has 29 heavy (non-hydrogen) atoms. The van der Waals surface area contributed by atoms with Gasteiger partial charge in [-0.05, 0) is 42.0 Å². The lowest BCUT2D eigenvalue weighted by molar-refractivity contribution is 0.0420. The number of fused-ring (bicyclic) bond motifs is 1. The number of H-pyrrole nitrogens is 1. The number of nitrogens with one attached hydrogen (secondary N) is 2. The Morgan fingerprint density at radius 2 is 2.10 bits per heavy atom. The summed E-state index contributed by atoms with van der Waals surface area (Å²) in [5, 5.41) is 8.40. The van der Waals surface area contributed by atoms with E-state index in [2.05, 4.69) is 20.4 Å². The molecule has 1 aliphatic rings. The summed E-state index contributed by atoms with van der Waals surface area (Å²) in [5.74, 6) is 2.68. The van der Waals surface area contributed by atoms with Gasteiger partial charge in [-0.2, -0.15) is 16.9 Å². The predicted octanol–water partition coefficient (Wildman–Crippen LogP) is 3.95. The van der Waals surface area contributed by atoms with E-state index in [1.807, 2.05) is 17.8 Å². The van der Waals surface area contributed by atoms with Gasteiger partial charge in [0.05, 0.1) is 35.5 Å². The van der Waals surface area contributed by atoms with Crippen LogP contribution in [0.3, 0.4) is 0 Å². The van der Waals surface area contributed by atoms with Gasteiger partial charge in [0.15, 0.2) is 5.52 Å². The SMILES string of the molecule is O=c1[nH]c(NCc2ccc(Cl)c(Cl)c2)nc2cnn(CCOC3CCSCC3)c12. The van der Waals surface area contributed by atoms with Crippen molar-refractivity contribution in [2.45, 2.75) is 32.0 Å². The van der Waals surface area contributed by atoms with E-state index < -0.39 is 0 Å². The molecule has 2 N–H and O–H groups in total. The van der Waals surface area contributed by atoms with Crippen molar-refractivity contribution < 1.29 is 4.74 Å². The molecule has 1 fully saturated rings. The van der Waals surface area contributed by atoms with Gasteiger partial charge in [-0.1, -0.05) is 29.3 Å². The van der Waals surface area contributed by atoms with Crippen LogP contribution in [0.1, 0.15) is 18.4 Å². The Balaban J connectivity index is 1.41. The second-order valence-corrected chi connectivity index (χ2v) is 8.84. The second-order valence-electron chi connectivity index (χ2n) is 6.80. The van der Waals surface area contributed by atoms with Crippen LogP contribution in [-0.2, 0) is 17.8 Å². The fraction of sp³-hybridized carbons (Fsp3) is 0.421. The highest BCUT2D eigenvalue weighted by atomic mass is 35.5. The van der Waals surface area contributed by atoms with Crippen molar-refractivity contribution in [3.05, 3.63) is 50.4 Å². The zero-order valence-corrected chi connectivity index (χ0v) is 18.0. The first-order valence-electron chi connectivity index (χ1n) is 9.43.